The van der Waals surface area contributed by atoms with E-state index in [4.69, 9.17) is 0 Å². The van der Waals surface area contributed by atoms with Crippen LogP contribution in [-0.4, -0.2) is 34.1 Å². The largest absolute Gasteiger partial charge is 0.435 e. The van der Waals surface area contributed by atoms with Gasteiger partial charge >= 0.3 is 6.18 Å². The van der Waals surface area contributed by atoms with E-state index in [1.165, 1.54) is 6.92 Å². The smallest absolute Gasteiger partial charge is 0.342 e. The first-order valence-electron chi connectivity index (χ1n) is 5.76. The highest BCUT2D eigenvalue weighted by atomic mass is 19.4. The zero-order valence-corrected chi connectivity index (χ0v) is 9.92. The first kappa shape index (κ1) is 12.9. The van der Waals surface area contributed by atoms with Crippen molar-refractivity contribution in [3.05, 3.63) is 17.5 Å². The van der Waals surface area contributed by atoms with E-state index in [1.807, 2.05) is 0 Å². The highest BCUT2D eigenvalue weighted by Gasteiger charge is 2.35. The molecule has 1 aliphatic rings. The molecule has 0 bridgehead atoms. The van der Waals surface area contributed by atoms with Crippen LogP contribution in [0.25, 0.3) is 0 Å². The van der Waals surface area contributed by atoms with E-state index < -0.39 is 11.9 Å². The fourth-order valence-corrected chi connectivity index (χ4v) is 2.21. The molecule has 2 heterocycles. The Kier molecular flexibility index (Phi) is 3.32. The molecule has 1 amide bonds. The van der Waals surface area contributed by atoms with Crippen LogP contribution in [0.3, 0.4) is 0 Å². The van der Waals surface area contributed by atoms with Crippen LogP contribution in [0.1, 0.15) is 37.1 Å². The number of aromatic amines is 1. The first-order valence-corrected chi connectivity index (χ1v) is 5.76. The van der Waals surface area contributed by atoms with Crippen LogP contribution in [0.2, 0.25) is 0 Å². The number of hydrogen-bond acceptors (Lipinski definition) is 2. The number of carbonyl (C=O) groups is 1. The molecule has 4 nitrogen and oxygen atoms in total. The maximum absolute atomic E-state index is 12.4. The van der Waals surface area contributed by atoms with Crippen LogP contribution in [0.5, 0.6) is 0 Å². The Labute approximate surface area is 102 Å². The van der Waals surface area contributed by atoms with Crippen LogP contribution in [0, 0.1) is 0 Å². The molecule has 1 aliphatic heterocycles. The molecule has 1 fully saturated rings. The van der Waals surface area contributed by atoms with Gasteiger partial charge in [0.25, 0.3) is 0 Å². The second kappa shape index (κ2) is 4.62. The second-order valence-electron chi connectivity index (χ2n) is 4.51. The molecule has 0 aliphatic carbocycles. The van der Waals surface area contributed by atoms with Gasteiger partial charge in [0.15, 0.2) is 5.69 Å². The predicted molar refractivity (Wildman–Crippen MR) is 57.8 cm³/mol. The summed E-state index contributed by atoms with van der Waals surface area (Å²) in [4.78, 5) is 12.9. The number of amides is 1. The fourth-order valence-electron chi connectivity index (χ4n) is 2.21. The summed E-state index contributed by atoms with van der Waals surface area (Å²) in [6, 6.07) is 1.04. The van der Waals surface area contributed by atoms with Gasteiger partial charge in [-0.15, -0.1) is 0 Å². The number of H-pyrrole nitrogens is 1. The molecule has 1 atom stereocenters. The van der Waals surface area contributed by atoms with Crippen molar-refractivity contribution in [2.75, 3.05) is 13.1 Å². The molecule has 1 aromatic rings. The molecule has 0 aromatic carbocycles. The summed E-state index contributed by atoms with van der Waals surface area (Å²) < 4.78 is 37.3. The number of nitrogens with zero attached hydrogens (tertiary/aromatic N) is 2. The Morgan fingerprint density at radius 2 is 2.28 bits per heavy atom. The molecular weight excluding hydrogens is 247 g/mol. The molecule has 7 heteroatoms. The molecule has 2 rings (SSSR count). The molecule has 0 radical (unpaired) electrons. The summed E-state index contributed by atoms with van der Waals surface area (Å²) in [7, 11) is 0. The molecule has 0 unspecified atom stereocenters. The van der Waals surface area contributed by atoms with Crippen molar-refractivity contribution in [1.82, 2.24) is 15.1 Å². The van der Waals surface area contributed by atoms with Crippen LogP contribution in [0.15, 0.2) is 6.07 Å². The number of piperidine rings is 1. The molecule has 0 saturated carbocycles. The molecule has 1 aromatic heterocycles. The fraction of sp³-hybridized carbons (Fsp3) is 0.636. The second-order valence-corrected chi connectivity index (χ2v) is 4.51. The SMILES string of the molecule is CC(=O)N1CCC[C@H](c2cc(C(F)(F)F)n[nH]2)C1. The third-order valence-electron chi connectivity index (χ3n) is 3.19. The van der Waals surface area contributed by atoms with Gasteiger partial charge < -0.3 is 4.90 Å². The lowest BCUT2D eigenvalue weighted by Gasteiger charge is -2.31. The minimum Gasteiger partial charge on any atom is -0.342 e. The summed E-state index contributed by atoms with van der Waals surface area (Å²) >= 11 is 0. The van der Waals surface area contributed by atoms with Gasteiger partial charge in [-0.3, -0.25) is 9.89 Å². The van der Waals surface area contributed by atoms with Crippen LogP contribution in [0.4, 0.5) is 13.2 Å². The Balaban J connectivity index is 2.12. The first-order chi connectivity index (χ1) is 8.38. The van der Waals surface area contributed by atoms with E-state index in [2.05, 4.69) is 10.2 Å². The van der Waals surface area contributed by atoms with Crippen molar-refractivity contribution in [1.29, 1.82) is 0 Å². The topological polar surface area (TPSA) is 49.0 Å². The lowest BCUT2D eigenvalue weighted by molar-refractivity contribution is -0.141. The lowest BCUT2D eigenvalue weighted by Crippen LogP contribution is -2.37. The molecule has 1 saturated heterocycles. The molecular formula is C11H14F3N3O. The quantitative estimate of drug-likeness (QED) is 0.842. The number of aromatic nitrogens is 2. The minimum absolute atomic E-state index is 0.0461. The molecule has 0 spiro atoms. The van der Waals surface area contributed by atoms with Crippen LogP contribution >= 0.6 is 0 Å². The van der Waals surface area contributed by atoms with Crippen molar-refractivity contribution in [3.63, 3.8) is 0 Å². The lowest BCUT2D eigenvalue weighted by atomic mass is 9.94. The number of carbonyl (C=O) groups excluding carboxylic acids is 1. The maximum atomic E-state index is 12.4. The number of halogens is 3. The minimum atomic E-state index is -4.43. The van der Waals surface area contributed by atoms with E-state index in [-0.39, 0.29) is 11.8 Å². The molecule has 1 N–H and O–H groups in total. The third-order valence-corrected chi connectivity index (χ3v) is 3.19. The van der Waals surface area contributed by atoms with Crippen molar-refractivity contribution in [2.24, 2.45) is 0 Å². The average Bonchev–Trinajstić information content (AvgIpc) is 2.78. The van der Waals surface area contributed by atoms with Crippen molar-refractivity contribution in [3.8, 4) is 0 Å². The van der Waals surface area contributed by atoms with Gasteiger partial charge in [-0.2, -0.15) is 18.3 Å². The van der Waals surface area contributed by atoms with Gasteiger partial charge in [0.2, 0.25) is 5.91 Å². The van der Waals surface area contributed by atoms with Gasteiger partial charge in [-0.1, -0.05) is 0 Å². The zero-order chi connectivity index (χ0) is 13.3. The Morgan fingerprint density at radius 1 is 1.56 bits per heavy atom. The summed E-state index contributed by atoms with van der Waals surface area (Å²) in [5.74, 6) is -0.137. The van der Waals surface area contributed by atoms with Crippen LogP contribution in [-0.2, 0) is 11.0 Å². The van der Waals surface area contributed by atoms with Gasteiger partial charge in [0.1, 0.15) is 0 Å². The van der Waals surface area contributed by atoms with E-state index in [0.717, 1.165) is 18.9 Å². The Morgan fingerprint density at radius 3 is 2.83 bits per heavy atom. The standard InChI is InChI=1S/C11H14F3N3O/c1-7(18)17-4-2-3-8(6-17)9-5-10(16-15-9)11(12,13)14/h5,8H,2-4,6H2,1H3,(H,15,16)/t8-/m0/s1. The predicted octanol–water partition coefficient (Wildman–Crippen LogP) is 2.15. The van der Waals surface area contributed by atoms with E-state index in [0.29, 0.717) is 18.8 Å². The summed E-state index contributed by atoms with van der Waals surface area (Å²) in [5, 5.41) is 5.71. The van der Waals surface area contributed by atoms with Crippen molar-refractivity contribution < 1.29 is 18.0 Å². The zero-order valence-electron chi connectivity index (χ0n) is 9.92. The summed E-state index contributed by atoms with van der Waals surface area (Å²) in [6.45, 7) is 2.59. The number of nitrogens with one attached hydrogen (secondary N) is 1. The summed E-state index contributed by atoms with van der Waals surface area (Å²) in [6.07, 6.45) is -2.86. The normalized spacial score (nSPS) is 21.1. The van der Waals surface area contributed by atoms with E-state index in [1.54, 1.807) is 4.90 Å². The van der Waals surface area contributed by atoms with Gasteiger partial charge in [-0.05, 0) is 18.9 Å². The highest BCUT2D eigenvalue weighted by molar-refractivity contribution is 5.73. The maximum Gasteiger partial charge on any atom is 0.435 e. The Hall–Kier alpha value is -1.53. The van der Waals surface area contributed by atoms with Crippen molar-refractivity contribution >= 4 is 5.91 Å². The van der Waals surface area contributed by atoms with Gasteiger partial charge in [-0.25, -0.2) is 0 Å². The van der Waals surface area contributed by atoms with Crippen molar-refractivity contribution in [2.45, 2.75) is 31.9 Å². The number of hydrogen-bond donors (Lipinski definition) is 1. The number of alkyl halides is 3. The highest BCUT2D eigenvalue weighted by Crippen LogP contribution is 2.31. The van der Waals surface area contributed by atoms with E-state index in [9.17, 15) is 18.0 Å². The molecule has 100 valence electrons. The van der Waals surface area contributed by atoms with Gasteiger partial charge in [0.05, 0.1) is 0 Å². The van der Waals surface area contributed by atoms with Crippen LogP contribution < -0.4 is 0 Å². The third kappa shape index (κ3) is 2.65. The summed E-state index contributed by atoms with van der Waals surface area (Å²) in [5.41, 5.74) is -0.453. The monoisotopic (exact) mass is 261 g/mol. The molecule has 18 heavy (non-hydrogen) atoms. The van der Waals surface area contributed by atoms with E-state index >= 15 is 0 Å². The van der Waals surface area contributed by atoms with Gasteiger partial charge in [0, 0.05) is 31.6 Å². The number of likely N-dealkylation sites (tertiary alicyclic amines) is 1. The Bertz CT molecular complexity index is 441. The average molecular weight is 261 g/mol. The number of rotatable bonds is 1.